The second-order valence-corrected chi connectivity index (χ2v) is 6.97. The van der Waals surface area contributed by atoms with Crippen LogP contribution in [0.3, 0.4) is 0 Å². The van der Waals surface area contributed by atoms with Crippen LogP contribution in [0.4, 0.5) is 4.79 Å². The first kappa shape index (κ1) is 17.0. The van der Waals surface area contributed by atoms with Crippen molar-refractivity contribution in [2.24, 2.45) is 5.41 Å². The summed E-state index contributed by atoms with van der Waals surface area (Å²) in [7, 11) is 0. The maximum Gasteiger partial charge on any atom is 0.320 e. The Morgan fingerprint density at radius 1 is 1.09 bits per heavy atom. The fraction of sp³-hybridized carbons (Fsp3) is 0.875. The lowest BCUT2D eigenvalue weighted by molar-refractivity contribution is 0.0351. The van der Waals surface area contributed by atoms with Gasteiger partial charge in [-0.25, -0.2) is 4.79 Å². The number of amides is 2. The Morgan fingerprint density at radius 3 is 2.27 bits per heavy atom. The van der Waals surface area contributed by atoms with Gasteiger partial charge in [-0.05, 0) is 11.8 Å². The molecule has 0 radical (unpaired) electrons. The van der Waals surface area contributed by atoms with Gasteiger partial charge in [-0.15, -0.1) is 0 Å². The van der Waals surface area contributed by atoms with Crippen molar-refractivity contribution in [3.05, 3.63) is 0 Å². The van der Waals surface area contributed by atoms with Gasteiger partial charge in [0.05, 0.1) is 19.3 Å². The van der Waals surface area contributed by atoms with E-state index in [0.29, 0.717) is 32.7 Å². The molecule has 2 aliphatic heterocycles. The molecule has 0 aromatic heterocycles. The van der Waals surface area contributed by atoms with E-state index in [1.54, 1.807) is 0 Å². The van der Waals surface area contributed by atoms with Crippen LogP contribution in [-0.2, 0) is 4.74 Å². The highest BCUT2D eigenvalue weighted by molar-refractivity contribution is 5.74. The van der Waals surface area contributed by atoms with Crippen LogP contribution in [0.15, 0.2) is 0 Å². The van der Waals surface area contributed by atoms with Crippen LogP contribution >= 0.6 is 0 Å². The van der Waals surface area contributed by atoms with Crippen LogP contribution < -0.4 is 0 Å². The van der Waals surface area contributed by atoms with Crippen LogP contribution in [-0.4, -0.2) is 79.8 Å². The average Bonchev–Trinajstić information content (AvgIpc) is 2.53. The van der Waals surface area contributed by atoms with Crippen LogP contribution in [0.25, 0.3) is 0 Å². The third-order valence-corrected chi connectivity index (χ3v) is 4.49. The van der Waals surface area contributed by atoms with E-state index in [1.165, 1.54) is 0 Å². The molecule has 0 aliphatic carbocycles. The molecule has 6 heteroatoms. The lowest BCUT2D eigenvalue weighted by Gasteiger charge is -2.40. The molecule has 0 aromatic rings. The Labute approximate surface area is 133 Å². The average molecular weight is 308 g/mol. The number of urea groups is 1. The number of nitrogens with zero attached hydrogens (tertiary/aromatic N) is 4. The summed E-state index contributed by atoms with van der Waals surface area (Å²) < 4.78 is 5.30. The van der Waals surface area contributed by atoms with Crippen molar-refractivity contribution in [3.8, 4) is 6.07 Å². The van der Waals surface area contributed by atoms with E-state index in [4.69, 9.17) is 10.00 Å². The molecule has 2 amide bonds. The van der Waals surface area contributed by atoms with Gasteiger partial charge in [-0.1, -0.05) is 13.8 Å². The minimum atomic E-state index is 0.159. The third kappa shape index (κ3) is 4.85. The van der Waals surface area contributed by atoms with Gasteiger partial charge >= 0.3 is 6.03 Å². The number of carbonyl (C=O) groups is 1. The molecule has 0 atom stereocenters. The molecule has 0 aromatic carbocycles. The van der Waals surface area contributed by atoms with Crippen molar-refractivity contribution in [1.82, 2.24) is 14.7 Å². The molecular weight excluding hydrogens is 280 g/mol. The molecule has 0 bridgehead atoms. The highest BCUT2D eigenvalue weighted by Crippen LogP contribution is 2.24. The minimum Gasteiger partial charge on any atom is -0.378 e. The molecular formula is C16H28N4O2. The van der Waals surface area contributed by atoms with Crippen molar-refractivity contribution in [1.29, 1.82) is 5.26 Å². The monoisotopic (exact) mass is 308 g/mol. The van der Waals surface area contributed by atoms with Crippen LogP contribution in [0, 0.1) is 16.7 Å². The van der Waals surface area contributed by atoms with Gasteiger partial charge in [0.15, 0.2) is 0 Å². The molecule has 2 saturated heterocycles. The standard InChI is InChI=1S/C16H28N4O2/c1-16(2,4-3-5-17)14-18-6-8-19(9-7-18)15(21)20-10-12-22-13-11-20/h3-4,6-14H2,1-2H3. The maximum absolute atomic E-state index is 12.4. The Balaban J connectivity index is 1.75. The van der Waals surface area contributed by atoms with Gasteiger partial charge in [-0.2, -0.15) is 5.26 Å². The largest absolute Gasteiger partial charge is 0.378 e. The van der Waals surface area contributed by atoms with Gasteiger partial charge in [-0.3, -0.25) is 4.90 Å². The summed E-state index contributed by atoms with van der Waals surface area (Å²) in [6.45, 7) is 11.6. The lowest BCUT2D eigenvalue weighted by Crippen LogP contribution is -2.55. The van der Waals surface area contributed by atoms with Crippen LogP contribution in [0.1, 0.15) is 26.7 Å². The number of morpholine rings is 1. The molecule has 0 spiro atoms. The first-order valence-corrected chi connectivity index (χ1v) is 8.23. The Bertz CT molecular complexity index is 405. The van der Waals surface area contributed by atoms with Crippen molar-refractivity contribution in [3.63, 3.8) is 0 Å². The summed E-state index contributed by atoms with van der Waals surface area (Å²) in [6.07, 6.45) is 1.54. The smallest absolute Gasteiger partial charge is 0.320 e. The predicted octanol–water partition coefficient (Wildman–Crippen LogP) is 1.39. The molecule has 2 heterocycles. The highest BCUT2D eigenvalue weighted by atomic mass is 16.5. The molecule has 22 heavy (non-hydrogen) atoms. The normalized spacial score (nSPS) is 20.8. The zero-order valence-electron chi connectivity index (χ0n) is 13.9. The topological polar surface area (TPSA) is 59.8 Å². The number of hydrogen-bond donors (Lipinski definition) is 0. The third-order valence-electron chi connectivity index (χ3n) is 4.49. The van der Waals surface area contributed by atoms with Gasteiger partial charge < -0.3 is 14.5 Å². The Hall–Kier alpha value is -1.32. The molecule has 0 N–H and O–H groups in total. The van der Waals surface area contributed by atoms with Crippen molar-refractivity contribution < 1.29 is 9.53 Å². The summed E-state index contributed by atoms with van der Waals surface area (Å²) in [4.78, 5) is 18.7. The van der Waals surface area contributed by atoms with E-state index >= 15 is 0 Å². The quantitative estimate of drug-likeness (QED) is 0.787. The molecule has 2 aliphatic rings. The predicted molar refractivity (Wildman–Crippen MR) is 84.4 cm³/mol. The van der Waals surface area contributed by atoms with Crippen molar-refractivity contribution in [2.45, 2.75) is 26.7 Å². The van der Waals surface area contributed by atoms with E-state index in [9.17, 15) is 4.79 Å². The highest BCUT2D eigenvalue weighted by Gasteiger charge is 2.28. The molecule has 124 valence electrons. The van der Waals surface area contributed by atoms with E-state index in [0.717, 1.165) is 39.1 Å². The summed E-state index contributed by atoms with van der Waals surface area (Å²) in [6, 6.07) is 2.39. The zero-order valence-corrected chi connectivity index (χ0v) is 13.9. The molecule has 0 saturated carbocycles. The fourth-order valence-corrected chi connectivity index (χ4v) is 3.13. The Morgan fingerprint density at radius 2 is 1.68 bits per heavy atom. The Kier molecular flexibility index (Phi) is 6.04. The minimum absolute atomic E-state index is 0.159. The summed E-state index contributed by atoms with van der Waals surface area (Å²) in [5, 5.41) is 8.73. The van der Waals surface area contributed by atoms with E-state index in [-0.39, 0.29) is 11.4 Å². The van der Waals surface area contributed by atoms with Crippen molar-refractivity contribution >= 4 is 6.03 Å². The van der Waals surface area contributed by atoms with Gasteiger partial charge in [0.2, 0.25) is 0 Å². The molecule has 2 fully saturated rings. The van der Waals surface area contributed by atoms with Gasteiger partial charge in [0, 0.05) is 52.2 Å². The summed E-state index contributed by atoms with van der Waals surface area (Å²) in [5.74, 6) is 0. The maximum atomic E-state index is 12.4. The zero-order chi connectivity index (χ0) is 16.0. The number of carbonyl (C=O) groups excluding carboxylic acids is 1. The number of ether oxygens (including phenoxy) is 1. The number of rotatable bonds is 4. The molecule has 0 unspecified atom stereocenters. The SMILES string of the molecule is CC(C)(CCC#N)CN1CCN(C(=O)N2CCOCC2)CC1. The number of nitriles is 1. The number of hydrogen-bond acceptors (Lipinski definition) is 4. The van der Waals surface area contributed by atoms with Crippen LogP contribution in [0.5, 0.6) is 0 Å². The summed E-state index contributed by atoms with van der Waals surface area (Å²) in [5.41, 5.74) is 0.159. The second kappa shape index (κ2) is 7.80. The molecule has 6 nitrogen and oxygen atoms in total. The van der Waals surface area contributed by atoms with Crippen LogP contribution in [0.2, 0.25) is 0 Å². The number of piperazine rings is 1. The van der Waals surface area contributed by atoms with Crippen molar-refractivity contribution in [2.75, 3.05) is 59.0 Å². The molecule has 2 rings (SSSR count). The van der Waals surface area contributed by atoms with Gasteiger partial charge in [0.1, 0.15) is 0 Å². The first-order valence-electron chi connectivity index (χ1n) is 8.23. The van der Waals surface area contributed by atoms with E-state index in [2.05, 4.69) is 24.8 Å². The van der Waals surface area contributed by atoms with E-state index in [1.807, 2.05) is 9.80 Å². The fourth-order valence-electron chi connectivity index (χ4n) is 3.13. The second-order valence-electron chi connectivity index (χ2n) is 6.97. The van der Waals surface area contributed by atoms with E-state index < -0.39 is 0 Å². The lowest BCUT2D eigenvalue weighted by atomic mass is 9.87. The first-order chi connectivity index (χ1) is 10.5. The summed E-state index contributed by atoms with van der Waals surface area (Å²) >= 11 is 0. The van der Waals surface area contributed by atoms with Gasteiger partial charge in [0.25, 0.3) is 0 Å².